The van der Waals surface area contributed by atoms with Gasteiger partial charge in [-0.3, -0.25) is 0 Å². The maximum absolute atomic E-state index is 5.75. The third kappa shape index (κ3) is 3.20. The first kappa shape index (κ1) is 11.9. The van der Waals surface area contributed by atoms with E-state index in [1.807, 2.05) is 54.7 Å². The molecule has 2 nitrogen and oxygen atoms in total. The zero-order valence-electron chi connectivity index (χ0n) is 10.2. The second-order valence-electron chi connectivity index (χ2n) is 4.02. The van der Waals surface area contributed by atoms with Crippen LogP contribution in [0, 0.1) is 0 Å². The van der Waals surface area contributed by atoms with Crippen LogP contribution in [-0.2, 0) is 0 Å². The molecule has 0 aliphatic heterocycles. The molecule has 3 aromatic rings. The number of aromatic amines is 1. The van der Waals surface area contributed by atoms with E-state index in [4.69, 9.17) is 4.74 Å². The van der Waals surface area contributed by atoms with Gasteiger partial charge in [-0.05, 0) is 48.5 Å². The Bertz CT molecular complexity index is 618. The van der Waals surface area contributed by atoms with Crippen molar-refractivity contribution >= 4 is 11.8 Å². The van der Waals surface area contributed by atoms with Gasteiger partial charge in [0.25, 0.3) is 0 Å². The van der Waals surface area contributed by atoms with Gasteiger partial charge in [0.05, 0.1) is 5.03 Å². The van der Waals surface area contributed by atoms with Gasteiger partial charge in [0.15, 0.2) is 0 Å². The lowest BCUT2D eigenvalue weighted by atomic mass is 10.3. The van der Waals surface area contributed by atoms with Crippen LogP contribution in [0.5, 0.6) is 11.5 Å². The second-order valence-corrected chi connectivity index (χ2v) is 5.14. The monoisotopic (exact) mass is 267 g/mol. The smallest absolute Gasteiger partial charge is 0.127 e. The van der Waals surface area contributed by atoms with Crippen LogP contribution in [0.3, 0.4) is 0 Å². The highest BCUT2D eigenvalue weighted by atomic mass is 32.2. The molecule has 0 atom stereocenters. The van der Waals surface area contributed by atoms with E-state index in [-0.39, 0.29) is 0 Å². The van der Waals surface area contributed by atoms with Crippen LogP contribution in [0.25, 0.3) is 0 Å². The van der Waals surface area contributed by atoms with Crippen molar-refractivity contribution in [1.82, 2.24) is 4.98 Å². The summed E-state index contributed by atoms with van der Waals surface area (Å²) in [5.74, 6) is 1.70. The number of H-pyrrole nitrogens is 1. The standard InChI is InChI=1S/C16H13NOS/c1-2-5-13(6-3-1)18-14-8-10-15(11-9-14)19-16-7-4-12-17-16/h1-12,17H. The van der Waals surface area contributed by atoms with Crippen LogP contribution in [0.2, 0.25) is 0 Å². The third-order valence-corrected chi connectivity index (χ3v) is 3.58. The number of nitrogens with one attached hydrogen (secondary N) is 1. The van der Waals surface area contributed by atoms with Crippen molar-refractivity contribution in [3.8, 4) is 11.5 Å². The molecule has 94 valence electrons. The van der Waals surface area contributed by atoms with E-state index in [1.54, 1.807) is 11.8 Å². The molecular weight excluding hydrogens is 254 g/mol. The summed E-state index contributed by atoms with van der Waals surface area (Å²) in [6.45, 7) is 0. The van der Waals surface area contributed by atoms with E-state index in [1.165, 1.54) is 4.90 Å². The summed E-state index contributed by atoms with van der Waals surface area (Å²) < 4.78 is 5.75. The summed E-state index contributed by atoms with van der Waals surface area (Å²) in [5.41, 5.74) is 0. The fraction of sp³-hybridized carbons (Fsp3) is 0. The quantitative estimate of drug-likeness (QED) is 0.722. The van der Waals surface area contributed by atoms with Crippen LogP contribution in [-0.4, -0.2) is 4.98 Å². The maximum Gasteiger partial charge on any atom is 0.127 e. The number of hydrogen-bond acceptors (Lipinski definition) is 2. The molecular formula is C16H13NOS. The fourth-order valence-corrected chi connectivity index (χ4v) is 2.50. The summed E-state index contributed by atoms with van der Waals surface area (Å²) in [4.78, 5) is 4.35. The van der Waals surface area contributed by atoms with Crippen molar-refractivity contribution in [3.63, 3.8) is 0 Å². The van der Waals surface area contributed by atoms with Crippen molar-refractivity contribution in [2.75, 3.05) is 0 Å². The van der Waals surface area contributed by atoms with Crippen molar-refractivity contribution in [3.05, 3.63) is 72.9 Å². The topological polar surface area (TPSA) is 25.0 Å². The van der Waals surface area contributed by atoms with Gasteiger partial charge in [0.2, 0.25) is 0 Å². The van der Waals surface area contributed by atoms with E-state index in [0.717, 1.165) is 16.5 Å². The summed E-state index contributed by atoms with van der Waals surface area (Å²) >= 11 is 1.70. The molecule has 2 aromatic carbocycles. The molecule has 3 heteroatoms. The van der Waals surface area contributed by atoms with Gasteiger partial charge in [-0.15, -0.1) is 0 Å². The van der Waals surface area contributed by atoms with Gasteiger partial charge in [-0.1, -0.05) is 30.0 Å². The fourth-order valence-electron chi connectivity index (χ4n) is 1.70. The van der Waals surface area contributed by atoms with Crippen LogP contribution in [0.15, 0.2) is 82.8 Å². The number of rotatable bonds is 4. The Morgan fingerprint density at radius 1 is 0.737 bits per heavy atom. The van der Waals surface area contributed by atoms with Crippen molar-refractivity contribution in [1.29, 1.82) is 0 Å². The SMILES string of the molecule is c1ccc(Oc2ccc(Sc3ccc[nH]3)cc2)cc1. The zero-order valence-corrected chi connectivity index (χ0v) is 11.1. The molecule has 1 heterocycles. The van der Waals surface area contributed by atoms with E-state index in [0.29, 0.717) is 0 Å². The normalized spacial score (nSPS) is 10.3. The summed E-state index contributed by atoms with van der Waals surface area (Å²) in [6, 6.07) is 21.9. The molecule has 0 aliphatic rings. The minimum Gasteiger partial charge on any atom is -0.457 e. The Kier molecular flexibility index (Phi) is 3.56. The van der Waals surface area contributed by atoms with Crippen molar-refractivity contribution in [2.45, 2.75) is 9.92 Å². The van der Waals surface area contributed by atoms with E-state index >= 15 is 0 Å². The van der Waals surface area contributed by atoms with Gasteiger partial charge in [0.1, 0.15) is 11.5 Å². The second kappa shape index (κ2) is 5.67. The van der Waals surface area contributed by atoms with E-state index in [2.05, 4.69) is 23.2 Å². The van der Waals surface area contributed by atoms with E-state index < -0.39 is 0 Å². The van der Waals surface area contributed by atoms with Gasteiger partial charge in [0, 0.05) is 11.1 Å². The minimum absolute atomic E-state index is 0.849. The Labute approximate surface area is 116 Å². The number of aromatic nitrogens is 1. The largest absolute Gasteiger partial charge is 0.457 e. The van der Waals surface area contributed by atoms with Gasteiger partial charge in [-0.2, -0.15) is 0 Å². The molecule has 0 unspecified atom stereocenters. The molecule has 0 amide bonds. The Hall–Kier alpha value is -2.13. The van der Waals surface area contributed by atoms with Gasteiger partial charge >= 0.3 is 0 Å². The molecule has 3 rings (SSSR count). The molecule has 0 radical (unpaired) electrons. The number of hydrogen-bond donors (Lipinski definition) is 1. The average Bonchev–Trinajstić information content (AvgIpc) is 2.95. The maximum atomic E-state index is 5.75. The molecule has 19 heavy (non-hydrogen) atoms. The molecule has 0 bridgehead atoms. The van der Waals surface area contributed by atoms with Gasteiger partial charge < -0.3 is 9.72 Å². The number of benzene rings is 2. The Balaban J connectivity index is 1.69. The first-order valence-electron chi connectivity index (χ1n) is 6.04. The summed E-state index contributed by atoms with van der Waals surface area (Å²) in [6.07, 6.45) is 1.93. The van der Waals surface area contributed by atoms with Crippen LogP contribution >= 0.6 is 11.8 Å². The molecule has 0 saturated carbocycles. The Morgan fingerprint density at radius 2 is 1.47 bits per heavy atom. The predicted molar refractivity (Wildman–Crippen MR) is 77.9 cm³/mol. The van der Waals surface area contributed by atoms with Crippen LogP contribution in [0.1, 0.15) is 0 Å². The molecule has 0 fully saturated rings. The van der Waals surface area contributed by atoms with Crippen LogP contribution in [0.4, 0.5) is 0 Å². The first-order chi connectivity index (χ1) is 9.40. The number of para-hydroxylation sites is 1. The van der Waals surface area contributed by atoms with Crippen molar-refractivity contribution < 1.29 is 4.74 Å². The molecule has 1 aromatic heterocycles. The van der Waals surface area contributed by atoms with Crippen LogP contribution < -0.4 is 4.74 Å². The molecule has 0 spiro atoms. The number of ether oxygens (including phenoxy) is 1. The highest BCUT2D eigenvalue weighted by Crippen LogP contribution is 2.29. The minimum atomic E-state index is 0.849. The lowest BCUT2D eigenvalue weighted by Gasteiger charge is -2.06. The predicted octanol–water partition coefficient (Wildman–Crippen LogP) is 4.96. The highest BCUT2D eigenvalue weighted by Gasteiger charge is 2.00. The van der Waals surface area contributed by atoms with E-state index in [9.17, 15) is 0 Å². The zero-order chi connectivity index (χ0) is 12.9. The van der Waals surface area contributed by atoms with Gasteiger partial charge in [-0.25, -0.2) is 0 Å². The summed E-state index contributed by atoms with van der Waals surface area (Å²) in [5, 5.41) is 1.14. The lowest BCUT2D eigenvalue weighted by Crippen LogP contribution is -1.83. The molecule has 0 saturated heterocycles. The molecule has 1 N–H and O–H groups in total. The van der Waals surface area contributed by atoms with Crippen molar-refractivity contribution in [2.24, 2.45) is 0 Å². The average molecular weight is 267 g/mol. The lowest BCUT2D eigenvalue weighted by molar-refractivity contribution is 0.482. The highest BCUT2D eigenvalue weighted by molar-refractivity contribution is 7.99. The Morgan fingerprint density at radius 3 is 2.16 bits per heavy atom. The first-order valence-corrected chi connectivity index (χ1v) is 6.86. The summed E-state index contributed by atoms with van der Waals surface area (Å²) in [7, 11) is 0. The third-order valence-electron chi connectivity index (χ3n) is 2.60. The molecule has 0 aliphatic carbocycles.